The molecule has 14 atom stereocenters. The Kier molecular flexibility index (Phi) is 14.4. The maximum Gasteiger partial charge on any atom is 0.316 e. The first kappa shape index (κ1) is 45.4. The summed E-state index contributed by atoms with van der Waals surface area (Å²) >= 11 is 0. The first-order valence-corrected chi connectivity index (χ1v) is 20.3. The van der Waals surface area contributed by atoms with Gasteiger partial charge in [0.05, 0.1) is 37.1 Å². The van der Waals surface area contributed by atoms with Gasteiger partial charge in [-0.05, 0) is 84.7 Å². The zero-order valence-corrected chi connectivity index (χ0v) is 35.4. The lowest BCUT2D eigenvalue weighted by Gasteiger charge is -2.47. The number of oxime groups is 1. The molecule has 4 aliphatic heterocycles. The third kappa shape index (κ3) is 9.69. The summed E-state index contributed by atoms with van der Waals surface area (Å²) < 4.78 is 32.3. The van der Waals surface area contributed by atoms with Crippen LogP contribution < -0.4 is 5.73 Å². The van der Waals surface area contributed by atoms with Crippen molar-refractivity contribution in [3.05, 3.63) is 35.4 Å². The number of hydrogen-bond acceptors (Lipinski definition) is 14. The smallest absolute Gasteiger partial charge is 0.316 e. The predicted octanol–water partition coefficient (Wildman–Crippen LogP) is 2.63. The van der Waals surface area contributed by atoms with Crippen molar-refractivity contribution in [3.63, 3.8) is 0 Å². The fraction of sp³-hybridized carbons (Fsp3) is 0.714. The molecule has 16 heteroatoms. The predicted molar refractivity (Wildman–Crippen MR) is 212 cm³/mol. The molecule has 3 saturated heterocycles. The number of benzene rings is 1. The number of ketones is 1. The number of cyclic esters (lactones) is 1. The third-order valence-electron chi connectivity index (χ3n) is 12.3. The van der Waals surface area contributed by atoms with Gasteiger partial charge in [-0.15, -0.1) is 0 Å². The lowest BCUT2D eigenvalue weighted by molar-refractivity contribution is -0.296. The molecule has 4 heterocycles. The van der Waals surface area contributed by atoms with Gasteiger partial charge in [-0.3, -0.25) is 19.2 Å². The van der Waals surface area contributed by atoms with Crippen LogP contribution in [0.25, 0.3) is 0 Å². The number of fused-ring (bicyclic) bond motifs is 4. The summed E-state index contributed by atoms with van der Waals surface area (Å²) in [5.41, 5.74) is 3.71. The van der Waals surface area contributed by atoms with Crippen LogP contribution in [0.15, 0.2) is 34.4 Å². The summed E-state index contributed by atoms with van der Waals surface area (Å²) in [6.45, 7) is 13.2. The van der Waals surface area contributed by atoms with Crippen molar-refractivity contribution >= 4 is 35.0 Å². The third-order valence-corrected chi connectivity index (χ3v) is 12.3. The number of nitrogens with zero attached hydrogens (tertiary/aromatic N) is 3. The van der Waals surface area contributed by atoms with Crippen LogP contribution >= 0.6 is 0 Å². The van der Waals surface area contributed by atoms with Crippen LogP contribution in [0.5, 0.6) is 0 Å². The van der Waals surface area contributed by atoms with Gasteiger partial charge in [0, 0.05) is 35.6 Å². The Bertz CT molecular complexity index is 1730. The molecule has 1 aromatic carbocycles. The molecule has 1 aromatic rings. The normalized spacial score (nSPS) is 40.3. The van der Waals surface area contributed by atoms with E-state index in [1.807, 2.05) is 32.8 Å². The van der Waals surface area contributed by atoms with E-state index in [0.29, 0.717) is 23.3 Å². The molecule has 4 bridgehead atoms. The van der Waals surface area contributed by atoms with E-state index in [4.69, 9.17) is 39.2 Å². The highest BCUT2D eigenvalue weighted by Gasteiger charge is 2.53. The standard InChI is InChI=1S/C42H62N4O12/c1-11-31-42(8,52)36-23(4)32-21(2)18-41(7,35(24(5)33(47)25(6)39(51)56-31)57-40-34(48)29(46(9)10)16-22(3)55-40)54-20-28(19-53-36)45-58-30(38(50)44-32)17-26-12-14-27(15-13-26)37(43)49/h12-15,21-25,29-31,34-36,40,48,52H,11,16-20H2,1-10H3,(H2,43,49)/b44-32?,45-28+/t21-,22-,23-,24+,25-,29+,30?,31-,34-,35-,36+,40+,41-,42-/m1/s1. The Morgan fingerprint density at radius 1 is 1.03 bits per heavy atom. The molecule has 322 valence electrons. The van der Waals surface area contributed by atoms with Crippen LogP contribution in [0.1, 0.15) is 90.6 Å². The number of primary amides is 1. The molecular formula is C42H62N4O12. The number of ether oxygens (including phenoxy) is 5. The molecule has 3 fully saturated rings. The van der Waals surface area contributed by atoms with E-state index in [0.717, 1.165) is 0 Å². The number of Topliss-reactive ketones (excluding diaryl/α,β-unsaturated/α-hetero) is 1. The number of carbonyl (C=O) groups excluding carboxylic acids is 4. The summed E-state index contributed by atoms with van der Waals surface area (Å²) in [7, 11) is 3.72. The summed E-state index contributed by atoms with van der Waals surface area (Å²) in [6, 6.07) is 6.14. The monoisotopic (exact) mass is 814 g/mol. The number of esters is 1. The number of nitrogens with two attached hydrogens (primary N) is 1. The molecule has 5 rings (SSSR count). The fourth-order valence-corrected chi connectivity index (χ4v) is 8.95. The molecular weight excluding hydrogens is 752 g/mol. The minimum absolute atomic E-state index is 0.0481. The molecule has 2 amide bonds. The first-order valence-electron chi connectivity index (χ1n) is 20.3. The van der Waals surface area contributed by atoms with Crippen molar-refractivity contribution in [1.29, 1.82) is 0 Å². The second kappa shape index (κ2) is 18.3. The van der Waals surface area contributed by atoms with E-state index in [-0.39, 0.29) is 50.3 Å². The van der Waals surface area contributed by atoms with Gasteiger partial charge in [-0.25, -0.2) is 4.99 Å². The number of aliphatic imine (C=N–C) groups is 1. The van der Waals surface area contributed by atoms with Gasteiger partial charge >= 0.3 is 5.97 Å². The van der Waals surface area contributed by atoms with Gasteiger partial charge in [-0.1, -0.05) is 45.0 Å². The minimum atomic E-state index is -1.86. The van der Waals surface area contributed by atoms with Crippen LogP contribution in [0, 0.1) is 23.7 Å². The molecule has 0 radical (unpaired) electrons. The van der Waals surface area contributed by atoms with E-state index in [1.165, 1.54) is 13.8 Å². The lowest BCUT2D eigenvalue weighted by Crippen LogP contribution is -2.60. The summed E-state index contributed by atoms with van der Waals surface area (Å²) in [6.07, 6.45) is -6.30. The van der Waals surface area contributed by atoms with E-state index < -0.39 is 95.3 Å². The second-order valence-electron chi connectivity index (χ2n) is 17.2. The van der Waals surface area contributed by atoms with Crippen LogP contribution in [0.4, 0.5) is 0 Å². The van der Waals surface area contributed by atoms with Crippen LogP contribution in [0.2, 0.25) is 0 Å². The van der Waals surface area contributed by atoms with Crippen molar-refractivity contribution < 1.29 is 57.9 Å². The summed E-state index contributed by atoms with van der Waals surface area (Å²) in [5, 5.41) is 28.4. The molecule has 0 saturated carbocycles. The van der Waals surface area contributed by atoms with Gasteiger partial charge < -0.3 is 49.4 Å². The molecule has 4 aliphatic rings. The van der Waals surface area contributed by atoms with Gasteiger partial charge in [0.2, 0.25) is 12.0 Å². The van der Waals surface area contributed by atoms with E-state index in [2.05, 4.69) is 5.16 Å². The molecule has 4 N–H and O–H groups in total. The van der Waals surface area contributed by atoms with Crippen LogP contribution in [-0.2, 0) is 49.3 Å². The molecule has 58 heavy (non-hydrogen) atoms. The van der Waals surface area contributed by atoms with Gasteiger partial charge in [0.25, 0.3) is 5.91 Å². The number of amides is 2. The highest BCUT2D eigenvalue weighted by Crippen LogP contribution is 2.40. The van der Waals surface area contributed by atoms with Crippen molar-refractivity contribution in [2.24, 2.45) is 39.6 Å². The van der Waals surface area contributed by atoms with Crippen molar-refractivity contribution in [1.82, 2.24) is 4.90 Å². The molecule has 0 aliphatic carbocycles. The maximum absolute atomic E-state index is 14.4. The highest BCUT2D eigenvalue weighted by atomic mass is 16.7. The molecule has 0 aromatic heterocycles. The zero-order chi connectivity index (χ0) is 42.9. The second-order valence-corrected chi connectivity index (χ2v) is 17.2. The van der Waals surface area contributed by atoms with Gasteiger partial charge in [0.1, 0.15) is 29.4 Å². The Morgan fingerprint density at radius 3 is 2.33 bits per heavy atom. The summed E-state index contributed by atoms with van der Waals surface area (Å²) in [4.78, 5) is 66.9. The molecule has 16 nitrogen and oxygen atoms in total. The Labute approximate surface area is 340 Å². The fourth-order valence-electron chi connectivity index (χ4n) is 8.95. The minimum Gasteiger partial charge on any atom is -0.459 e. The molecule has 1 unspecified atom stereocenters. The summed E-state index contributed by atoms with van der Waals surface area (Å²) in [5.74, 6) is -6.21. The number of aliphatic hydroxyl groups excluding tert-OH is 1. The van der Waals surface area contributed by atoms with Gasteiger partial charge in [0.15, 0.2) is 12.1 Å². The zero-order valence-electron chi connectivity index (χ0n) is 35.4. The van der Waals surface area contributed by atoms with Crippen molar-refractivity contribution in [3.8, 4) is 0 Å². The number of hydrogen-bond donors (Lipinski definition) is 3. The topological polar surface area (TPSA) is 218 Å². The van der Waals surface area contributed by atoms with E-state index in [1.54, 1.807) is 52.0 Å². The van der Waals surface area contributed by atoms with E-state index >= 15 is 0 Å². The molecule has 0 spiro atoms. The van der Waals surface area contributed by atoms with Crippen molar-refractivity contribution in [2.75, 3.05) is 27.3 Å². The average Bonchev–Trinajstić information content (AvgIpc) is 3.20. The number of carbonyl (C=O) groups is 4. The largest absolute Gasteiger partial charge is 0.459 e. The number of likely N-dealkylation sites (N-methyl/N-ethyl adjacent to an activating group) is 1. The highest BCUT2D eigenvalue weighted by molar-refractivity contribution is 6.01. The first-order chi connectivity index (χ1) is 27.2. The average molecular weight is 815 g/mol. The number of aliphatic hydroxyl groups is 2. The van der Waals surface area contributed by atoms with E-state index in [9.17, 15) is 29.4 Å². The number of rotatable bonds is 7. The SMILES string of the molecule is CC[C@H]1OC(=O)[C@H](C)C(=O)[C@H](C)[C@@H](O[C@@H]2O[C@H](C)C[C@H](N(C)C)[C@H]2O)[C@@]2(C)C[C@@H](C)C3=NC(=O)C(Cc4ccc(C(N)=O)cc4)O/N=C(\CO[C@@H]([C@@H]3C)[C@]1(C)O)CO2. The maximum atomic E-state index is 14.4. The Hall–Kier alpha value is -3.64. The van der Waals surface area contributed by atoms with Crippen LogP contribution in [-0.4, -0.2) is 138 Å². The lowest BCUT2D eigenvalue weighted by atomic mass is 9.73. The Balaban J connectivity index is 1.69. The Morgan fingerprint density at radius 2 is 1.71 bits per heavy atom. The quantitative estimate of drug-likeness (QED) is 0.267. The van der Waals surface area contributed by atoms with Crippen LogP contribution in [0.3, 0.4) is 0 Å². The van der Waals surface area contributed by atoms with Crippen molar-refractivity contribution in [2.45, 2.75) is 141 Å². The van der Waals surface area contributed by atoms with Gasteiger partial charge in [-0.2, -0.15) is 0 Å².